The molecular formula is C17H25FN2. The Bertz CT molecular complexity index is 512. The number of nitrogens with two attached hydrogens (primary N) is 1. The third-order valence-electron chi connectivity index (χ3n) is 4.01. The van der Waals surface area contributed by atoms with Crippen LogP contribution in [0.5, 0.6) is 0 Å². The van der Waals surface area contributed by atoms with Gasteiger partial charge in [-0.25, -0.2) is 4.39 Å². The van der Waals surface area contributed by atoms with Crippen molar-refractivity contribution in [1.29, 1.82) is 0 Å². The van der Waals surface area contributed by atoms with Crippen LogP contribution >= 0.6 is 0 Å². The number of benzene rings is 1. The molecule has 0 bridgehead atoms. The molecule has 0 unspecified atom stereocenters. The molecule has 20 heavy (non-hydrogen) atoms. The Morgan fingerprint density at radius 1 is 1.30 bits per heavy atom. The zero-order valence-corrected chi connectivity index (χ0v) is 12.9. The number of rotatable bonds is 2. The molecule has 3 heteroatoms. The predicted molar refractivity (Wildman–Crippen MR) is 83.4 cm³/mol. The molecule has 110 valence electrons. The first kappa shape index (κ1) is 15.0. The van der Waals surface area contributed by atoms with E-state index in [1.807, 2.05) is 19.1 Å². The van der Waals surface area contributed by atoms with Gasteiger partial charge < -0.3 is 10.6 Å². The normalized spacial score (nSPS) is 17.9. The topological polar surface area (TPSA) is 29.3 Å². The van der Waals surface area contributed by atoms with E-state index in [9.17, 15) is 4.39 Å². The zero-order chi connectivity index (χ0) is 14.9. The monoisotopic (exact) mass is 276 g/mol. The van der Waals surface area contributed by atoms with Gasteiger partial charge >= 0.3 is 0 Å². The Kier molecular flexibility index (Phi) is 4.19. The van der Waals surface area contributed by atoms with Gasteiger partial charge in [-0.05, 0) is 36.5 Å². The smallest absolute Gasteiger partial charge is 0.146 e. The SMILES string of the molecule is C[C@H](N)c1ccc(N2CC=C(C(C)(C)C)CC2)c(F)c1. The van der Waals surface area contributed by atoms with Crippen LogP contribution in [0, 0.1) is 11.2 Å². The molecule has 1 aromatic carbocycles. The Labute approximate surface area is 121 Å². The first-order valence-corrected chi connectivity index (χ1v) is 7.28. The van der Waals surface area contributed by atoms with Gasteiger partial charge in [-0.3, -0.25) is 0 Å². The van der Waals surface area contributed by atoms with E-state index in [2.05, 4.69) is 31.7 Å². The highest BCUT2D eigenvalue weighted by atomic mass is 19.1. The first-order valence-electron chi connectivity index (χ1n) is 7.28. The minimum Gasteiger partial charge on any atom is -0.365 e. The van der Waals surface area contributed by atoms with Crippen LogP contribution in [0.25, 0.3) is 0 Å². The molecule has 0 amide bonds. The molecule has 0 fully saturated rings. The fraction of sp³-hybridized carbons (Fsp3) is 0.529. The largest absolute Gasteiger partial charge is 0.365 e. The molecule has 2 nitrogen and oxygen atoms in total. The van der Waals surface area contributed by atoms with Gasteiger partial charge in [-0.1, -0.05) is 38.5 Å². The lowest BCUT2D eigenvalue weighted by Crippen LogP contribution is -2.31. The lowest BCUT2D eigenvalue weighted by molar-refractivity contribution is 0.471. The Morgan fingerprint density at radius 2 is 2.00 bits per heavy atom. The van der Waals surface area contributed by atoms with E-state index in [0.29, 0.717) is 5.69 Å². The minimum absolute atomic E-state index is 0.132. The summed E-state index contributed by atoms with van der Waals surface area (Å²) in [6.07, 6.45) is 3.24. The van der Waals surface area contributed by atoms with E-state index in [1.54, 1.807) is 6.07 Å². The summed E-state index contributed by atoms with van der Waals surface area (Å²) < 4.78 is 14.2. The van der Waals surface area contributed by atoms with Gasteiger partial charge in [0.2, 0.25) is 0 Å². The van der Waals surface area contributed by atoms with Crippen molar-refractivity contribution in [2.45, 2.75) is 40.2 Å². The molecule has 0 spiro atoms. The fourth-order valence-corrected chi connectivity index (χ4v) is 2.63. The maximum Gasteiger partial charge on any atom is 0.146 e. The van der Waals surface area contributed by atoms with Crippen LogP contribution in [0.15, 0.2) is 29.8 Å². The molecule has 1 aliphatic heterocycles. The highest BCUT2D eigenvalue weighted by molar-refractivity contribution is 5.51. The van der Waals surface area contributed by atoms with E-state index >= 15 is 0 Å². The third-order valence-corrected chi connectivity index (χ3v) is 4.01. The lowest BCUT2D eigenvalue weighted by atomic mass is 9.83. The molecule has 2 rings (SSSR count). The molecule has 0 aromatic heterocycles. The van der Waals surface area contributed by atoms with E-state index in [0.717, 1.165) is 25.1 Å². The summed E-state index contributed by atoms with van der Waals surface area (Å²) in [6.45, 7) is 10.2. The standard InChI is InChI=1S/C17H25FN2/c1-12(19)13-5-6-16(15(18)11-13)20-9-7-14(8-10-20)17(2,3)4/h5-7,11-12H,8-10,19H2,1-4H3/t12-/m0/s1. The molecule has 0 radical (unpaired) electrons. The number of halogens is 1. The van der Waals surface area contributed by atoms with Crippen LogP contribution in [0.2, 0.25) is 0 Å². The summed E-state index contributed by atoms with van der Waals surface area (Å²) in [5.41, 5.74) is 8.98. The van der Waals surface area contributed by atoms with E-state index in [4.69, 9.17) is 5.73 Å². The molecule has 0 saturated heterocycles. The molecule has 0 aliphatic carbocycles. The summed E-state index contributed by atoms with van der Waals surface area (Å²) in [4.78, 5) is 2.09. The molecule has 0 saturated carbocycles. The maximum atomic E-state index is 14.2. The Balaban J connectivity index is 2.17. The van der Waals surface area contributed by atoms with E-state index in [1.165, 1.54) is 5.57 Å². The molecule has 1 aliphatic rings. The van der Waals surface area contributed by atoms with Gasteiger partial charge in [0.1, 0.15) is 5.82 Å². The molecule has 2 N–H and O–H groups in total. The van der Waals surface area contributed by atoms with Crippen molar-refractivity contribution in [3.8, 4) is 0 Å². The molecule has 1 aromatic rings. The van der Waals surface area contributed by atoms with Crippen molar-refractivity contribution < 1.29 is 4.39 Å². The molecule has 1 heterocycles. The van der Waals surface area contributed by atoms with Crippen LogP contribution in [0.1, 0.15) is 45.7 Å². The average molecular weight is 276 g/mol. The second-order valence-corrected chi connectivity index (χ2v) is 6.67. The number of nitrogens with zero attached hydrogens (tertiary/aromatic N) is 1. The van der Waals surface area contributed by atoms with Gasteiger partial charge in [0.25, 0.3) is 0 Å². The second-order valence-electron chi connectivity index (χ2n) is 6.67. The number of hydrogen-bond acceptors (Lipinski definition) is 2. The number of hydrogen-bond donors (Lipinski definition) is 1. The summed E-state index contributed by atoms with van der Waals surface area (Å²) in [5.74, 6) is -0.174. The lowest BCUT2D eigenvalue weighted by Gasteiger charge is -2.33. The van der Waals surface area contributed by atoms with Crippen LogP contribution in [-0.2, 0) is 0 Å². The van der Waals surface area contributed by atoms with Gasteiger partial charge in [-0.2, -0.15) is 0 Å². The third kappa shape index (κ3) is 3.21. The van der Waals surface area contributed by atoms with Gasteiger partial charge in [0.05, 0.1) is 5.69 Å². The quantitative estimate of drug-likeness (QED) is 0.826. The van der Waals surface area contributed by atoms with Gasteiger partial charge in [0.15, 0.2) is 0 Å². The van der Waals surface area contributed by atoms with Gasteiger partial charge in [-0.15, -0.1) is 0 Å². The van der Waals surface area contributed by atoms with Crippen molar-refractivity contribution >= 4 is 5.69 Å². The Morgan fingerprint density at radius 3 is 2.45 bits per heavy atom. The highest BCUT2D eigenvalue weighted by Crippen LogP contribution is 2.32. The number of anilines is 1. The molecular weight excluding hydrogens is 251 g/mol. The zero-order valence-electron chi connectivity index (χ0n) is 12.9. The van der Waals surface area contributed by atoms with E-state index in [-0.39, 0.29) is 17.3 Å². The minimum atomic E-state index is -0.174. The van der Waals surface area contributed by atoms with Crippen LogP contribution in [-0.4, -0.2) is 13.1 Å². The van der Waals surface area contributed by atoms with Crippen LogP contribution in [0.4, 0.5) is 10.1 Å². The van der Waals surface area contributed by atoms with Crippen molar-refractivity contribution in [3.63, 3.8) is 0 Å². The average Bonchev–Trinajstić information content (AvgIpc) is 2.37. The van der Waals surface area contributed by atoms with Crippen LogP contribution < -0.4 is 10.6 Å². The van der Waals surface area contributed by atoms with Crippen molar-refractivity contribution in [1.82, 2.24) is 0 Å². The summed E-state index contributed by atoms with van der Waals surface area (Å²) in [6, 6.07) is 5.20. The Hall–Kier alpha value is -1.35. The van der Waals surface area contributed by atoms with Gasteiger partial charge in [0, 0.05) is 19.1 Å². The maximum absolute atomic E-state index is 14.2. The first-order chi connectivity index (χ1) is 9.29. The summed E-state index contributed by atoms with van der Waals surface area (Å²) in [7, 11) is 0. The summed E-state index contributed by atoms with van der Waals surface area (Å²) in [5, 5.41) is 0. The predicted octanol–water partition coefficient (Wildman–Crippen LogP) is 4.03. The second kappa shape index (κ2) is 5.57. The summed E-state index contributed by atoms with van der Waals surface area (Å²) >= 11 is 0. The van der Waals surface area contributed by atoms with Crippen LogP contribution in [0.3, 0.4) is 0 Å². The molecule has 1 atom stereocenters. The van der Waals surface area contributed by atoms with E-state index < -0.39 is 0 Å². The van der Waals surface area contributed by atoms with Crippen molar-refractivity contribution in [2.75, 3.05) is 18.0 Å². The van der Waals surface area contributed by atoms with Crippen molar-refractivity contribution in [2.24, 2.45) is 11.1 Å². The fourth-order valence-electron chi connectivity index (χ4n) is 2.63. The highest BCUT2D eigenvalue weighted by Gasteiger charge is 2.22. The van der Waals surface area contributed by atoms with Crippen molar-refractivity contribution in [3.05, 3.63) is 41.2 Å².